The highest BCUT2D eigenvalue weighted by Crippen LogP contribution is 2.04. The maximum atomic E-state index is 11.8. The molecule has 0 saturated heterocycles. The van der Waals surface area contributed by atoms with Gasteiger partial charge in [0, 0.05) is 19.0 Å². The van der Waals surface area contributed by atoms with E-state index in [1.54, 1.807) is 0 Å². The van der Waals surface area contributed by atoms with Gasteiger partial charge in [-0.3, -0.25) is 9.59 Å². The standard InChI is InChI=1S/C11H23N3O2/c1-8(2)6-14(7-10(13)15)11(16)5-4-9(3)12/h8-9H,4-7,12H2,1-3H3,(H2,13,15). The van der Waals surface area contributed by atoms with Crippen molar-refractivity contribution < 1.29 is 9.59 Å². The van der Waals surface area contributed by atoms with Gasteiger partial charge in [0.1, 0.15) is 0 Å². The zero-order chi connectivity index (χ0) is 12.7. The quantitative estimate of drug-likeness (QED) is 0.648. The average molecular weight is 229 g/mol. The Kier molecular flexibility index (Phi) is 6.72. The molecule has 1 atom stereocenters. The normalized spacial score (nSPS) is 12.6. The number of nitrogens with zero attached hydrogens (tertiary/aromatic N) is 1. The van der Waals surface area contributed by atoms with Crippen LogP contribution >= 0.6 is 0 Å². The van der Waals surface area contributed by atoms with Crippen molar-refractivity contribution in [3.8, 4) is 0 Å². The first-order valence-electron chi connectivity index (χ1n) is 5.64. The van der Waals surface area contributed by atoms with Gasteiger partial charge in [-0.25, -0.2) is 0 Å². The molecular formula is C11H23N3O2. The van der Waals surface area contributed by atoms with Crippen LogP contribution in [-0.4, -0.2) is 35.8 Å². The Hall–Kier alpha value is -1.10. The molecule has 5 heteroatoms. The van der Waals surface area contributed by atoms with Gasteiger partial charge in [0.25, 0.3) is 0 Å². The molecule has 0 radical (unpaired) electrons. The topological polar surface area (TPSA) is 89.4 Å². The molecule has 1 unspecified atom stereocenters. The predicted octanol–water partition coefficient (Wildman–Crippen LogP) is 0.0837. The molecular weight excluding hydrogens is 206 g/mol. The number of hydrogen-bond donors (Lipinski definition) is 2. The molecule has 0 rings (SSSR count). The van der Waals surface area contributed by atoms with Gasteiger partial charge in [0.15, 0.2) is 0 Å². The molecule has 5 nitrogen and oxygen atoms in total. The SMILES string of the molecule is CC(C)CN(CC(N)=O)C(=O)CCC(C)N. The summed E-state index contributed by atoms with van der Waals surface area (Å²) in [6.45, 7) is 6.39. The average Bonchev–Trinajstić information content (AvgIpc) is 2.11. The molecule has 0 aliphatic carbocycles. The molecule has 0 heterocycles. The van der Waals surface area contributed by atoms with Crippen molar-refractivity contribution >= 4 is 11.8 Å². The monoisotopic (exact) mass is 229 g/mol. The van der Waals surface area contributed by atoms with Crippen LogP contribution < -0.4 is 11.5 Å². The Balaban J connectivity index is 4.26. The van der Waals surface area contributed by atoms with Gasteiger partial charge in [0.2, 0.25) is 11.8 Å². The Bertz CT molecular complexity index is 239. The maximum Gasteiger partial charge on any atom is 0.237 e. The van der Waals surface area contributed by atoms with Crippen molar-refractivity contribution in [2.75, 3.05) is 13.1 Å². The molecule has 0 spiro atoms. The first-order chi connectivity index (χ1) is 7.32. The first kappa shape index (κ1) is 14.9. The summed E-state index contributed by atoms with van der Waals surface area (Å²) in [4.78, 5) is 24.1. The van der Waals surface area contributed by atoms with Crippen LogP contribution in [0.1, 0.15) is 33.6 Å². The van der Waals surface area contributed by atoms with E-state index in [1.165, 1.54) is 4.90 Å². The zero-order valence-corrected chi connectivity index (χ0v) is 10.4. The summed E-state index contributed by atoms with van der Waals surface area (Å²) in [6.07, 6.45) is 1.00. The molecule has 0 aliphatic rings. The molecule has 0 saturated carbocycles. The lowest BCUT2D eigenvalue weighted by Crippen LogP contribution is -2.40. The van der Waals surface area contributed by atoms with Crippen LogP contribution in [0.15, 0.2) is 0 Å². The third-order valence-corrected chi connectivity index (χ3v) is 2.10. The molecule has 2 amide bonds. The molecule has 0 bridgehead atoms. The summed E-state index contributed by atoms with van der Waals surface area (Å²) in [7, 11) is 0. The first-order valence-corrected chi connectivity index (χ1v) is 5.64. The van der Waals surface area contributed by atoms with Crippen LogP contribution in [0, 0.1) is 5.92 Å². The summed E-state index contributed by atoms with van der Waals surface area (Å²) < 4.78 is 0. The summed E-state index contributed by atoms with van der Waals surface area (Å²) >= 11 is 0. The number of amides is 2. The number of hydrogen-bond acceptors (Lipinski definition) is 3. The second kappa shape index (κ2) is 7.22. The Morgan fingerprint density at radius 1 is 1.25 bits per heavy atom. The Labute approximate surface area is 97.2 Å². The van der Waals surface area contributed by atoms with Crippen LogP contribution in [0.5, 0.6) is 0 Å². The number of carbonyl (C=O) groups is 2. The largest absolute Gasteiger partial charge is 0.368 e. The van der Waals surface area contributed by atoms with Gasteiger partial charge < -0.3 is 16.4 Å². The lowest BCUT2D eigenvalue weighted by atomic mass is 10.1. The number of carbonyl (C=O) groups excluding carboxylic acids is 2. The summed E-state index contributed by atoms with van der Waals surface area (Å²) in [5.41, 5.74) is 10.7. The van der Waals surface area contributed by atoms with E-state index in [1.807, 2.05) is 20.8 Å². The maximum absolute atomic E-state index is 11.8. The smallest absolute Gasteiger partial charge is 0.237 e. The predicted molar refractivity (Wildman–Crippen MR) is 63.5 cm³/mol. The molecule has 0 aromatic rings. The van der Waals surface area contributed by atoms with Crippen molar-refractivity contribution in [1.82, 2.24) is 4.90 Å². The highest BCUT2D eigenvalue weighted by molar-refractivity contribution is 5.83. The van der Waals surface area contributed by atoms with Gasteiger partial charge in [-0.1, -0.05) is 13.8 Å². The third kappa shape index (κ3) is 7.23. The molecule has 16 heavy (non-hydrogen) atoms. The molecule has 0 aromatic heterocycles. The number of rotatable bonds is 7. The van der Waals surface area contributed by atoms with Crippen LogP contribution in [0.4, 0.5) is 0 Å². The number of nitrogens with two attached hydrogens (primary N) is 2. The summed E-state index contributed by atoms with van der Waals surface area (Å²) in [5, 5.41) is 0. The van der Waals surface area contributed by atoms with Gasteiger partial charge >= 0.3 is 0 Å². The third-order valence-electron chi connectivity index (χ3n) is 2.10. The van der Waals surface area contributed by atoms with E-state index in [-0.39, 0.29) is 18.5 Å². The van der Waals surface area contributed by atoms with Gasteiger partial charge in [-0.15, -0.1) is 0 Å². The van der Waals surface area contributed by atoms with E-state index in [4.69, 9.17) is 11.5 Å². The molecule has 0 aromatic carbocycles. The lowest BCUT2D eigenvalue weighted by molar-refractivity contribution is -0.135. The van der Waals surface area contributed by atoms with E-state index < -0.39 is 5.91 Å². The van der Waals surface area contributed by atoms with E-state index >= 15 is 0 Å². The molecule has 0 fully saturated rings. The van der Waals surface area contributed by atoms with Crippen molar-refractivity contribution in [2.45, 2.75) is 39.7 Å². The highest BCUT2D eigenvalue weighted by Gasteiger charge is 2.16. The summed E-state index contributed by atoms with van der Waals surface area (Å²) in [6, 6.07) is -0.00146. The minimum atomic E-state index is -0.477. The molecule has 94 valence electrons. The van der Waals surface area contributed by atoms with Crippen molar-refractivity contribution in [2.24, 2.45) is 17.4 Å². The van der Waals surface area contributed by atoms with E-state index in [0.29, 0.717) is 25.3 Å². The van der Waals surface area contributed by atoms with Crippen molar-refractivity contribution in [1.29, 1.82) is 0 Å². The highest BCUT2D eigenvalue weighted by atomic mass is 16.2. The molecule has 4 N–H and O–H groups in total. The minimum Gasteiger partial charge on any atom is -0.368 e. The minimum absolute atomic E-state index is 0.00146. The fourth-order valence-corrected chi connectivity index (χ4v) is 1.39. The van der Waals surface area contributed by atoms with Crippen LogP contribution in [0.25, 0.3) is 0 Å². The second-order valence-electron chi connectivity index (χ2n) is 4.65. The van der Waals surface area contributed by atoms with Gasteiger partial charge in [-0.05, 0) is 19.3 Å². The Morgan fingerprint density at radius 3 is 2.19 bits per heavy atom. The van der Waals surface area contributed by atoms with E-state index in [0.717, 1.165) is 0 Å². The summed E-state index contributed by atoms with van der Waals surface area (Å²) in [5.74, 6) is -0.210. The fraction of sp³-hybridized carbons (Fsp3) is 0.818. The fourth-order valence-electron chi connectivity index (χ4n) is 1.39. The molecule has 0 aliphatic heterocycles. The lowest BCUT2D eigenvalue weighted by Gasteiger charge is -2.23. The van der Waals surface area contributed by atoms with Gasteiger partial charge in [-0.2, -0.15) is 0 Å². The number of primary amides is 1. The van der Waals surface area contributed by atoms with Crippen molar-refractivity contribution in [3.63, 3.8) is 0 Å². The van der Waals surface area contributed by atoms with Crippen molar-refractivity contribution in [3.05, 3.63) is 0 Å². The zero-order valence-electron chi connectivity index (χ0n) is 10.4. The Morgan fingerprint density at radius 2 is 1.81 bits per heavy atom. The van der Waals surface area contributed by atoms with Crippen LogP contribution in [0.2, 0.25) is 0 Å². The van der Waals surface area contributed by atoms with E-state index in [9.17, 15) is 9.59 Å². The second-order valence-corrected chi connectivity index (χ2v) is 4.65. The van der Waals surface area contributed by atoms with Crippen LogP contribution in [-0.2, 0) is 9.59 Å². The van der Waals surface area contributed by atoms with Crippen LogP contribution in [0.3, 0.4) is 0 Å². The van der Waals surface area contributed by atoms with Gasteiger partial charge in [0.05, 0.1) is 6.54 Å². The van der Waals surface area contributed by atoms with E-state index in [2.05, 4.69) is 0 Å².